The Balaban J connectivity index is 1.89. The lowest BCUT2D eigenvalue weighted by atomic mass is 10.4. The third kappa shape index (κ3) is 2.94. The second-order valence-corrected chi connectivity index (χ2v) is 5.29. The van der Waals surface area contributed by atoms with Crippen LogP contribution in [0.3, 0.4) is 0 Å². The second-order valence-electron chi connectivity index (χ2n) is 4.34. The molecule has 21 heavy (non-hydrogen) atoms. The van der Waals surface area contributed by atoms with Crippen molar-refractivity contribution in [1.29, 1.82) is 0 Å². The van der Waals surface area contributed by atoms with Crippen LogP contribution >= 0.6 is 11.8 Å². The largest absolute Gasteiger partial charge is 0.370 e. The van der Waals surface area contributed by atoms with Gasteiger partial charge in [-0.15, -0.1) is 0 Å². The molecule has 3 heterocycles. The Hall–Kier alpha value is -2.22. The van der Waals surface area contributed by atoms with Crippen LogP contribution in [-0.2, 0) is 12.8 Å². The summed E-state index contributed by atoms with van der Waals surface area (Å²) in [6.07, 6.45) is 5.24. The summed E-state index contributed by atoms with van der Waals surface area (Å²) in [5.74, 6) is 2.17. The third-order valence-electron chi connectivity index (χ3n) is 2.86. The van der Waals surface area contributed by atoms with Crippen molar-refractivity contribution in [3.05, 3.63) is 30.5 Å². The van der Waals surface area contributed by atoms with Gasteiger partial charge in [-0.05, 0) is 13.0 Å². The summed E-state index contributed by atoms with van der Waals surface area (Å²) in [7, 11) is 1.88. The molecule has 3 rings (SSSR count). The Morgan fingerprint density at radius 1 is 1.24 bits per heavy atom. The van der Waals surface area contributed by atoms with Crippen LogP contribution in [0.15, 0.2) is 29.8 Å². The van der Waals surface area contributed by atoms with Gasteiger partial charge in [-0.2, -0.15) is 5.10 Å². The molecule has 7 nitrogen and oxygen atoms in total. The Morgan fingerprint density at radius 2 is 2.05 bits per heavy atom. The zero-order valence-electron chi connectivity index (χ0n) is 11.8. The molecular formula is C13H15N7S. The van der Waals surface area contributed by atoms with E-state index in [4.69, 9.17) is 0 Å². The van der Waals surface area contributed by atoms with E-state index in [1.54, 1.807) is 29.3 Å². The van der Waals surface area contributed by atoms with Gasteiger partial charge in [0.15, 0.2) is 10.8 Å². The molecule has 0 spiro atoms. The van der Waals surface area contributed by atoms with Gasteiger partial charge >= 0.3 is 0 Å². The molecule has 0 aromatic carbocycles. The number of hydrogen-bond acceptors (Lipinski definition) is 7. The summed E-state index contributed by atoms with van der Waals surface area (Å²) in [5.41, 5.74) is 0.825. The van der Waals surface area contributed by atoms with E-state index in [0.29, 0.717) is 5.75 Å². The van der Waals surface area contributed by atoms with Gasteiger partial charge in [0, 0.05) is 26.0 Å². The number of hydrogen-bond donors (Lipinski definition) is 1. The van der Waals surface area contributed by atoms with Crippen molar-refractivity contribution in [3.63, 3.8) is 0 Å². The van der Waals surface area contributed by atoms with Gasteiger partial charge in [0.05, 0.1) is 17.3 Å². The standard InChI is InChI=1S/C13H15N7S/c1-3-14-11-9-7-17-20(2)12(9)19-10(18-11)8-21-13-15-5-4-6-16-13/h4-7H,3,8H2,1-2H3,(H,14,18,19). The summed E-state index contributed by atoms with van der Waals surface area (Å²) >= 11 is 1.51. The van der Waals surface area contributed by atoms with Crippen molar-refractivity contribution in [3.8, 4) is 0 Å². The number of rotatable bonds is 5. The summed E-state index contributed by atoms with van der Waals surface area (Å²) < 4.78 is 1.75. The van der Waals surface area contributed by atoms with E-state index in [-0.39, 0.29) is 0 Å². The molecular weight excluding hydrogens is 286 g/mol. The third-order valence-corrected chi connectivity index (χ3v) is 3.73. The number of nitrogens with zero attached hydrogens (tertiary/aromatic N) is 6. The van der Waals surface area contributed by atoms with Crippen molar-refractivity contribution >= 4 is 28.6 Å². The first kappa shape index (κ1) is 13.7. The second kappa shape index (κ2) is 6.04. The Kier molecular flexibility index (Phi) is 3.96. The van der Waals surface area contributed by atoms with Gasteiger partial charge in [-0.3, -0.25) is 4.68 Å². The van der Waals surface area contributed by atoms with E-state index in [9.17, 15) is 0 Å². The van der Waals surface area contributed by atoms with Crippen LogP contribution in [0.1, 0.15) is 12.7 Å². The Labute approximate surface area is 126 Å². The minimum Gasteiger partial charge on any atom is -0.370 e. The first-order valence-corrected chi connectivity index (χ1v) is 7.59. The number of thioether (sulfide) groups is 1. The van der Waals surface area contributed by atoms with Crippen molar-refractivity contribution in [2.45, 2.75) is 17.8 Å². The van der Waals surface area contributed by atoms with Gasteiger partial charge in [-0.25, -0.2) is 19.9 Å². The van der Waals surface area contributed by atoms with Crippen LogP contribution in [-0.4, -0.2) is 36.3 Å². The predicted octanol–water partition coefficient (Wildman–Crippen LogP) is 1.88. The number of anilines is 1. The number of aryl methyl sites for hydroxylation is 1. The molecule has 0 aliphatic carbocycles. The smallest absolute Gasteiger partial charge is 0.187 e. The Morgan fingerprint density at radius 3 is 2.81 bits per heavy atom. The van der Waals surface area contributed by atoms with Gasteiger partial charge < -0.3 is 5.32 Å². The van der Waals surface area contributed by atoms with E-state index >= 15 is 0 Å². The van der Waals surface area contributed by atoms with Crippen molar-refractivity contribution < 1.29 is 0 Å². The van der Waals surface area contributed by atoms with Crippen molar-refractivity contribution in [1.82, 2.24) is 29.7 Å². The van der Waals surface area contributed by atoms with Crippen molar-refractivity contribution in [2.75, 3.05) is 11.9 Å². The fraction of sp³-hybridized carbons (Fsp3) is 0.308. The van der Waals surface area contributed by atoms with Crippen molar-refractivity contribution in [2.24, 2.45) is 7.05 Å². The first-order chi connectivity index (χ1) is 10.3. The molecule has 0 unspecified atom stereocenters. The Bertz CT molecular complexity index is 741. The average Bonchev–Trinajstić information content (AvgIpc) is 2.88. The van der Waals surface area contributed by atoms with E-state index in [2.05, 4.69) is 30.4 Å². The van der Waals surface area contributed by atoms with E-state index in [0.717, 1.165) is 34.4 Å². The molecule has 3 aromatic heterocycles. The van der Waals surface area contributed by atoms with E-state index in [1.807, 2.05) is 14.0 Å². The summed E-state index contributed by atoms with van der Waals surface area (Å²) in [5, 5.41) is 9.15. The number of nitrogens with one attached hydrogen (secondary N) is 1. The van der Waals surface area contributed by atoms with E-state index in [1.165, 1.54) is 11.8 Å². The summed E-state index contributed by atoms with van der Waals surface area (Å²) in [6.45, 7) is 2.84. The predicted molar refractivity (Wildman–Crippen MR) is 82.1 cm³/mol. The van der Waals surface area contributed by atoms with Crippen LogP contribution in [0.2, 0.25) is 0 Å². The van der Waals surface area contributed by atoms with Crippen LogP contribution in [0.4, 0.5) is 5.82 Å². The SMILES string of the molecule is CCNc1nc(CSc2ncccn2)nc2c1cnn2C. The topological polar surface area (TPSA) is 81.4 Å². The zero-order chi connectivity index (χ0) is 14.7. The van der Waals surface area contributed by atoms with Crippen LogP contribution in [0, 0.1) is 0 Å². The molecule has 1 N–H and O–H groups in total. The maximum absolute atomic E-state index is 4.57. The molecule has 0 saturated heterocycles. The molecule has 3 aromatic rings. The monoisotopic (exact) mass is 301 g/mol. The average molecular weight is 301 g/mol. The fourth-order valence-corrected chi connectivity index (χ4v) is 2.58. The lowest BCUT2D eigenvalue weighted by molar-refractivity contribution is 0.782. The lowest BCUT2D eigenvalue weighted by Crippen LogP contribution is -2.05. The van der Waals surface area contributed by atoms with Crippen LogP contribution in [0.5, 0.6) is 0 Å². The normalized spacial score (nSPS) is 11.0. The molecule has 0 bridgehead atoms. The van der Waals surface area contributed by atoms with Gasteiger partial charge in [-0.1, -0.05) is 11.8 Å². The lowest BCUT2D eigenvalue weighted by Gasteiger charge is -2.07. The van der Waals surface area contributed by atoms with Gasteiger partial charge in [0.1, 0.15) is 11.6 Å². The highest BCUT2D eigenvalue weighted by Gasteiger charge is 2.11. The van der Waals surface area contributed by atoms with Gasteiger partial charge in [0.2, 0.25) is 0 Å². The van der Waals surface area contributed by atoms with Gasteiger partial charge in [0.25, 0.3) is 0 Å². The summed E-state index contributed by atoms with van der Waals surface area (Å²) in [4.78, 5) is 17.5. The molecule has 0 radical (unpaired) electrons. The highest BCUT2D eigenvalue weighted by Crippen LogP contribution is 2.22. The highest BCUT2D eigenvalue weighted by molar-refractivity contribution is 7.98. The molecule has 0 aliphatic heterocycles. The zero-order valence-corrected chi connectivity index (χ0v) is 12.6. The quantitative estimate of drug-likeness (QED) is 0.569. The molecule has 8 heteroatoms. The minimum absolute atomic E-state index is 0.615. The fourth-order valence-electron chi connectivity index (χ4n) is 1.92. The molecule has 0 atom stereocenters. The molecule has 108 valence electrons. The molecule has 0 aliphatic rings. The highest BCUT2D eigenvalue weighted by atomic mass is 32.2. The number of aromatic nitrogens is 6. The van der Waals surface area contributed by atoms with Crippen LogP contribution < -0.4 is 5.32 Å². The maximum Gasteiger partial charge on any atom is 0.187 e. The summed E-state index contributed by atoms with van der Waals surface area (Å²) in [6, 6.07) is 1.80. The molecule has 0 saturated carbocycles. The first-order valence-electron chi connectivity index (χ1n) is 6.60. The van der Waals surface area contributed by atoms with Crippen LogP contribution in [0.25, 0.3) is 11.0 Å². The molecule has 0 fully saturated rings. The maximum atomic E-state index is 4.57. The number of fused-ring (bicyclic) bond motifs is 1. The minimum atomic E-state index is 0.615. The molecule has 0 amide bonds. The van der Waals surface area contributed by atoms with E-state index < -0.39 is 0 Å².